The van der Waals surface area contributed by atoms with Gasteiger partial charge in [-0.1, -0.05) is 54.1 Å². The maximum absolute atomic E-state index is 13.1. The third kappa shape index (κ3) is 3.86. The van der Waals surface area contributed by atoms with E-state index in [-0.39, 0.29) is 9.92 Å². The zero-order valence-corrected chi connectivity index (χ0v) is 16.7. The Morgan fingerprint density at radius 1 is 0.962 bits per heavy atom. The van der Waals surface area contributed by atoms with Gasteiger partial charge in [-0.05, 0) is 44.5 Å². The number of benzene rings is 2. The monoisotopic (exact) mass is 387 g/mol. The molecule has 3 aromatic rings. The molecule has 2 aromatic carbocycles. The van der Waals surface area contributed by atoms with Crippen LogP contribution >= 0.6 is 11.8 Å². The van der Waals surface area contributed by atoms with Crippen LogP contribution in [0.15, 0.2) is 68.0 Å². The van der Waals surface area contributed by atoms with E-state index in [0.717, 1.165) is 28.9 Å². The van der Waals surface area contributed by atoms with Gasteiger partial charge in [-0.25, -0.2) is 8.42 Å². The quantitative estimate of drug-likeness (QED) is 0.538. The summed E-state index contributed by atoms with van der Waals surface area (Å²) in [5.41, 5.74) is 2.89. The van der Waals surface area contributed by atoms with Crippen LogP contribution in [0.25, 0.3) is 11.5 Å². The second-order valence-electron chi connectivity index (χ2n) is 6.14. The van der Waals surface area contributed by atoms with Gasteiger partial charge in [-0.15, -0.1) is 0 Å². The largest absolute Gasteiger partial charge is 0.428 e. The molecule has 0 N–H and O–H groups in total. The van der Waals surface area contributed by atoms with E-state index >= 15 is 0 Å². The summed E-state index contributed by atoms with van der Waals surface area (Å²) < 4.78 is 32.0. The van der Waals surface area contributed by atoms with Crippen molar-refractivity contribution >= 4 is 21.6 Å². The van der Waals surface area contributed by atoms with Crippen molar-refractivity contribution in [3.05, 3.63) is 59.7 Å². The number of sulfone groups is 1. The average molecular weight is 388 g/mol. The topological polar surface area (TPSA) is 60.2 Å². The highest BCUT2D eigenvalue weighted by molar-refractivity contribution is 8.00. The first kappa shape index (κ1) is 18.7. The van der Waals surface area contributed by atoms with Gasteiger partial charge in [-0.2, -0.15) is 4.98 Å². The van der Waals surface area contributed by atoms with Crippen molar-refractivity contribution in [2.45, 2.75) is 42.2 Å². The number of oxazole rings is 1. The summed E-state index contributed by atoms with van der Waals surface area (Å²) in [7, 11) is -3.74. The summed E-state index contributed by atoms with van der Waals surface area (Å²) in [5, 5.41) is 0.346. The third-order valence-electron chi connectivity index (χ3n) is 3.89. The van der Waals surface area contributed by atoms with Crippen LogP contribution in [0.3, 0.4) is 0 Å². The van der Waals surface area contributed by atoms with Crippen LogP contribution in [-0.4, -0.2) is 19.2 Å². The van der Waals surface area contributed by atoms with Crippen LogP contribution in [0.2, 0.25) is 0 Å². The molecule has 0 atom stereocenters. The predicted molar refractivity (Wildman–Crippen MR) is 104 cm³/mol. The first-order valence-electron chi connectivity index (χ1n) is 8.44. The highest BCUT2D eigenvalue weighted by atomic mass is 32.2. The van der Waals surface area contributed by atoms with Gasteiger partial charge in [0.2, 0.25) is 25.8 Å². The summed E-state index contributed by atoms with van der Waals surface area (Å²) in [6.07, 6.45) is 0.912. The smallest absolute Gasteiger partial charge is 0.228 e. The second-order valence-corrected chi connectivity index (χ2v) is 9.08. The number of thioether (sulfide) groups is 1. The van der Waals surface area contributed by atoms with Gasteiger partial charge in [0.25, 0.3) is 0 Å². The zero-order chi connectivity index (χ0) is 18.7. The Balaban J connectivity index is 2.09. The zero-order valence-electron chi connectivity index (χ0n) is 15.0. The number of aromatic nitrogens is 1. The molecule has 0 radical (unpaired) electrons. The Morgan fingerprint density at radius 2 is 1.54 bits per heavy atom. The lowest BCUT2D eigenvalue weighted by atomic mass is 10.1. The molecular formula is C20H21NO3S2. The minimum absolute atomic E-state index is 0.00428. The fraction of sp³-hybridized carbons (Fsp3) is 0.250. The molecule has 26 heavy (non-hydrogen) atoms. The van der Waals surface area contributed by atoms with E-state index < -0.39 is 9.84 Å². The van der Waals surface area contributed by atoms with E-state index in [9.17, 15) is 8.42 Å². The maximum atomic E-state index is 13.1. The molecule has 0 bridgehead atoms. The molecule has 3 rings (SSSR count). The normalized spacial score (nSPS) is 11.7. The minimum Gasteiger partial charge on any atom is -0.428 e. The minimum atomic E-state index is -3.74. The first-order chi connectivity index (χ1) is 12.4. The molecule has 6 heteroatoms. The predicted octanol–water partition coefficient (Wildman–Crippen LogP) is 5.29. The van der Waals surface area contributed by atoms with Gasteiger partial charge >= 0.3 is 0 Å². The number of rotatable bonds is 6. The molecule has 0 amide bonds. The van der Waals surface area contributed by atoms with Gasteiger partial charge in [0, 0.05) is 11.3 Å². The van der Waals surface area contributed by atoms with Crippen LogP contribution in [0, 0.1) is 13.8 Å². The molecule has 1 aromatic heterocycles. The van der Waals surface area contributed by atoms with Crippen molar-refractivity contribution in [2.75, 3.05) is 5.75 Å². The van der Waals surface area contributed by atoms with Crippen molar-refractivity contribution in [3.8, 4) is 11.5 Å². The van der Waals surface area contributed by atoms with Gasteiger partial charge in [0.05, 0.1) is 4.90 Å². The van der Waals surface area contributed by atoms with E-state index in [1.54, 1.807) is 24.3 Å². The lowest BCUT2D eigenvalue weighted by Gasteiger charge is -2.03. The van der Waals surface area contributed by atoms with E-state index in [2.05, 4.69) is 4.98 Å². The summed E-state index contributed by atoms with van der Waals surface area (Å²) >= 11 is 1.38. The lowest BCUT2D eigenvalue weighted by Crippen LogP contribution is -2.04. The fourth-order valence-electron chi connectivity index (χ4n) is 2.40. The first-order valence-corrected chi connectivity index (χ1v) is 10.9. The third-order valence-corrected chi connectivity index (χ3v) is 6.85. The molecule has 0 aliphatic carbocycles. The van der Waals surface area contributed by atoms with Crippen LogP contribution in [0.1, 0.15) is 24.5 Å². The van der Waals surface area contributed by atoms with Gasteiger partial charge in [0.1, 0.15) is 0 Å². The summed E-state index contributed by atoms with van der Waals surface area (Å²) in [6.45, 7) is 5.96. The van der Waals surface area contributed by atoms with Crippen LogP contribution < -0.4 is 0 Å². The van der Waals surface area contributed by atoms with Crippen LogP contribution in [0.5, 0.6) is 0 Å². The highest BCUT2D eigenvalue weighted by Gasteiger charge is 2.28. The molecule has 0 saturated heterocycles. The molecule has 0 fully saturated rings. The Hall–Kier alpha value is -2.05. The van der Waals surface area contributed by atoms with Crippen molar-refractivity contribution in [2.24, 2.45) is 0 Å². The Kier molecular flexibility index (Phi) is 5.53. The van der Waals surface area contributed by atoms with Gasteiger partial charge in [0.15, 0.2) is 0 Å². The molecule has 0 unspecified atom stereocenters. The SMILES string of the molecule is CCCSc1oc(-c2ccc(C)cc2)nc1S(=O)(=O)c1ccc(C)cc1. The standard InChI is InChI=1S/C20H21NO3S2/c1-4-13-25-20-19(26(22,23)17-11-7-15(3)8-12-17)21-18(24-20)16-9-5-14(2)6-10-16/h5-12H,4,13H2,1-3H3. The van der Waals surface area contributed by atoms with Crippen LogP contribution in [0.4, 0.5) is 0 Å². The number of nitrogens with zero attached hydrogens (tertiary/aromatic N) is 1. The summed E-state index contributed by atoms with van der Waals surface area (Å²) in [6, 6.07) is 14.5. The molecule has 4 nitrogen and oxygen atoms in total. The van der Waals surface area contributed by atoms with E-state index in [1.165, 1.54) is 11.8 Å². The van der Waals surface area contributed by atoms with Crippen molar-refractivity contribution in [3.63, 3.8) is 0 Å². The van der Waals surface area contributed by atoms with Crippen molar-refractivity contribution < 1.29 is 12.8 Å². The Labute approximate surface area is 158 Å². The van der Waals surface area contributed by atoms with E-state index in [4.69, 9.17) is 4.42 Å². The maximum Gasteiger partial charge on any atom is 0.228 e. The summed E-state index contributed by atoms with van der Waals surface area (Å²) in [5.74, 6) is 1.09. The lowest BCUT2D eigenvalue weighted by molar-refractivity contribution is 0.470. The number of hydrogen-bond acceptors (Lipinski definition) is 5. The molecular weight excluding hydrogens is 366 g/mol. The summed E-state index contributed by atoms with van der Waals surface area (Å²) in [4.78, 5) is 4.59. The molecule has 1 heterocycles. The number of aryl methyl sites for hydroxylation is 2. The number of hydrogen-bond donors (Lipinski definition) is 0. The van der Waals surface area contributed by atoms with Crippen molar-refractivity contribution in [1.29, 1.82) is 0 Å². The molecule has 0 aliphatic rings. The molecule has 0 spiro atoms. The fourth-order valence-corrected chi connectivity index (χ4v) is 4.78. The Bertz CT molecular complexity index is 989. The van der Waals surface area contributed by atoms with Crippen LogP contribution in [-0.2, 0) is 9.84 Å². The Morgan fingerprint density at radius 3 is 2.12 bits per heavy atom. The van der Waals surface area contributed by atoms with E-state index in [0.29, 0.717) is 11.0 Å². The molecule has 0 saturated carbocycles. The highest BCUT2D eigenvalue weighted by Crippen LogP contribution is 2.35. The van der Waals surface area contributed by atoms with Gasteiger partial charge in [-0.3, -0.25) is 0 Å². The molecule has 136 valence electrons. The van der Waals surface area contributed by atoms with Gasteiger partial charge < -0.3 is 4.42 Å². The van der Waals surface area contributed by atoms with E-state index in [1.807, 2.05) is 45.0 Å². The van der Waals surface area contributed by atoms with Crippen molar-refractivity contribution in [1.82, 2.24) is 4.98 Å². The second kappa shape index (κ2) is 7.68. The molecule has 0 aliphatic heterocycles. The average Bonchev–Trinajstić information content (AvgIpc) is 3.06.